The average molecular weight is 356 g/mol. The monoisotopic (exact) mass is 356 g/mol. The second-order valence-electron chi connectivity index (χ2n) is 6.05. The molecule has 1 N–H and O–H groups in total. The van der Waals surface area contributed by atoms with E-state index in [0.29, 0.717) is 24.4 Å². The zero-order valence-corrected chi connectivity index (χ0v) is 14.5. The van der Waals surface area contributed by atoms with Crippen LogP contribution in [-0.2, 0) is 32.0 Å². The van der Waals surface area contributed by atoms with Crippen molar-refractivity contribution in [3.05, 3.63) is 47.9 Å². The van der Waals surface area contributed by atoms with Crippen molar-refractivity contribution in [2.45, 2.75) is 26.2 Å². The largest absolute Gasteiger partial charge is 0.469 e. The summed E-state index contributed by atoms with van der Waals surface area (Å²) in [5, 5.41) is 2.70. The van der Waals surface area contributed by atoms with E-state index < -0.39 is 11.9 Å². The molecule has 1 aromatic heterocycles. The first-order chi connectivity index (χ1) is 12.5. The number of nitrogens with one attached hydrogen (secondary N) is 1. The Hall–Kier alpha value is -3.09. The minimum absolute atomic E-state index is 0.00185. The molecule has 0 radical (unpaired) electrons. The van der Waals surface area contributed by atoms with Gasteiger partial charge in [-0.3, -0.25) is 14.4 Å². The first kappa shape index (κ1) is 17.7. The van der Waals surface area contributed by atoms with Gasteiger partial charge in [0.2, 0.25) is 5.91 Å². The van der Waals surface area contributed by atoms with Crippen molar-refractivity contribution in [3.8, 4) is 0 Å². The van der Waals surface area contributed by atoms with E-state index in [1.807, 2.05) is 12.1 Å². The Labute approximate surface area is 150 Å². The predicted molar refractivity (Wildman–Crippen MR) is 94.8 cm³/mol. The summed E-state index contributed by atoms with van der Waals surface area (Å²) < 4.78 is 10.1. The first-order valence-corrected chi connectivity index (χ1v) is 8.42. The Bertz CT molecular complexity index is 813. The highest BCUT2D eigenvalue weighted by molar-refractivity contribution is 5.96. The Morgan fingerprint density at radius 3 is 2.85 bits per heavy atom. The molecule has 7 nitrogen and oxygen atoms in total. The van der Waals surface area contributed by atoms with Gasteiger partial charge in [0, 0.05) is 31.3 Å². The van der Waals surface area contributed by atoms with Crippen molar-refractivity contribution >= 4 is 29.2 Å². The smallest absolute Gasteiger partial charge is 0.306 e. The van der Waals surface area contributed by atoms with Gasteiger partial charge in [-0.05, 0) is 42.3 Å². The van der Waals surface area contributed by atoms with Crippen molar-refractivity contribution in [2.75, 3.05) is 23.4 Å². The number of benzene rings is 1. The number of rotatable bonds is 6. The number of esters is 1. The number of ether oxygens (including phenoxy) is 1. The molecule has 1 aliphatic heterocycles. The van der Waals surface area contributed by atoms with Gasteiger partial charge in [-0.15, -0.1) is 0 Å². The summed E-state index contributed by atoms with van der Waals surface area (Å²) in [5.41, 5.74) is 2.50. The first-order valence-electron chi connectivity index (χ1n) is 8.42. The number of hydrogen-bond donors (Lipinski definition) is 1. The van der Waals surface area contributed by atoms with Crippen molar-refractivity contribution < 1.29 is 23.5 Å². The summed E-state index contributed by atoms with van der Waals surface area (Å²) in [6.07, 6.45) is 2.88. The minimum Gasteiger partial charge on any atom is -0.469 e. The second-order valence-corrected chi connectivity index (χ2v) is 6.05. The van der Waals surface area contributed by atoms with Crippen LogP contribution in [0.4, 0.5) is 11.4 Å². The van der Waals surface area contributed by atoms with Gasteiger partial charge in [-0.1, -0.05) is 0 Å². The molecule has 0 saturated heterocycles. The van der Waals surface area contributed by atoms with Crippen LogP contribution in [0.5, 0.6) is 0 Å². The van der Waals surface area contributed by atoms with E-state index in [4.69, 9.17) is 9.15 Å². The van der Waals surface area contributed by atoms with Crippen LogP contribution < -0.4 is 10.2 Å². The number of aryl methyl sites for hydroxylation is 1. The van der Waals surface area contributed by atoms with Gasteiger partial charge in [-0.2, -0.15) is 0 Å². The molecule has 3 rings (SSSR count). The van der Waals surface area contributed by atoms with E-state index in [9.17, 15) is 14.4 Å². The second kappa shape index (κ2) is 7.86. The van der Waals surface area contributed by atoms with Gasteiger partial charge < -0.3 is 19.4 Å². The highest BCUT2D eigenvalue weighted by Gasteiger charge is 2.22. The van der Waals surface area contributed by atoms with Crippen LogP contribution in [0, 0.1) is 0 Å². The van der Waals surface area contributed by atoms with Gasteiger partial charge in [-0.25, -0.2) is 0 Å². The third kappa shape index (κ3) is 4.30. The average Bonchev–Trinajstić information content (AvgIpc) is 3.27. The van der Waals surface area contributed by atoms with Crippen molar-refractivity contribution in [3.63, 3.8) is 0 Å². The molecule has 0 spiro atoms. The molecule has 136 valence electrons. The minimum atomic E-state index is -0.456. The quantitative estimate of drug-likeness (QED) is 0.802. The van der Waals surface area contributed by atoms with Gasteiger partial charge in [0.25, 0.3) is 5.91 Å². The molecule has 26 heavy (non-hydrogen) atoms. The molecule has 7 heteroatoms. The summed E-state index contributed by atoms with van der Waals surface area (Å²) in [4.78, 5) is 36.9. The van der Waals surface area contributed by atoms with E-state index in [-0.39, 0.29) is 18.9 Å². The standard InChI is InChI=1S/C19H20N2O5/c1-13(22)21-9-8-14-11-15(4-6-17(14)21)20-18(23)12-26-19(24)7-5-16-3-2-10-25-16/h2-4,6,10-11H,5,7-9,12H2,1H3,(H,20,23). The fourth-order valence-corrected chi connectivity index (χ4v) is 2.90. The van der Waals surface area contributed by atoms with Crippen LogP contribution in [0.1, 0.15) is 24.7 Å². The maximum absolute atomic E-state index is 12.0. The lowest BCUT2D eigenvalue weighted by Gasteiger charge is -2.15. The number of anilines is 2. The van der Waals surface area contributed by atoms with E-state index in [1.54, 1.807) is 29.4 Å². The molecule has 1 aliphatic rings. The predicted octanol–water partition coefficient (Wildman–Crippen LogP) is 2.30. The highest BCUT2D eigenvalue weighted by atomic mass is 16.5. The normalized spacial score (nSPS) is 12.6. The molecule has 1 aromatic carbocycles. The lowest BCUT2D eigenvalue weighted by Crippen LogP contribution is -2.25. The number of carbonyl (C=O) groups excluding carboxylic acids is 3. The fourth-order valence-electron chi connectivity index (χ4n) is 2.90. The van der Waals surface area contributed by atoms with Gasteiger partial charge in [0.05, 0.1) is 12.7 Å². The zero-order valence-electron chi connectivity index (χ0n) is 14.5. The zero-order chi connectivity index (χ0) is 18.5. The van der Waals surface area contributed by atoms with E-state index in [1.165, 1.54) is 6.92 Å². The molecule has 0 fully saturated rings. The SMILES string of the molecule is CC(=O)N1CCc2cc(NC(=O)COC(=O)CCc3ccco3)ccc21. The van der Waals surface area contributed by atoms with Crippen LogP contribution in [0.25, 0.3) is 0 Å². The number of furan rings is 1. The summed E-state index contributed by atoms with van der Waals surface area (Å²) >= 11 is 0. The molecule has 2 amide bonds. The maximum atomic E-state index is 12.0. The van der Waals surface area contributed by atoms with Crippen molar-refractivity contribution in [2.24, 2.45) is 0 Å². The van der Waals surface area contributed by atoms with Crippen LogP contribution in [0.2, 0.25) is 0 Å². The fraction of sp³-hybridized carbons (Fsp3) is 0.316. The summed E-state index contributed by atoms with van der Waals surface area (Å²) in [7, 11) is 0. The Morgan fingerprint density at radius 1 is 1.27 bits per heavy atom. The number of carbonyl (C=O) groups is 3. The molecule has 0 saturated carbocycles. The molecular weight excluding hydrogens is 336 g/mol. The number of hydrogen-bond acceptors (Lipinski definition) is 5. The van der Waals surface area contributed by atoms with Crippen LogP contribution in [-0.4, -0.2) is 30.9 Å². The molecule has 0 unspecified atom stereocenters. The summed E-state index contributed by atoms with van der Waals surface area (Å²) in [6.45, 7) is 1.84. The lowest BCUT2D eigenvalue weighted by molar-refractivity contribution is -0.147. The molecule has 2 heterocycles. The summed E-state index contributed by atoms with van der Waals surface area (Å²) in [5.74, 6) is -0.161. The Balaban J connectivity index is 1.46. The van der Waals surface area contributed by atoms with E-state index in [2.05, 4.69) is 5.32 Å². The van der Waals surface area contributed by atoms with Crippen molar-refractivity contribution in [1.82, 2.24) is 0 Å². The van der Waals surface area contributed by atoms with Crippen LogP contribution in [0.15, 0.2) is 41.0 Å². The van der Waals surface area contributed by atoms with E-state index in [0.717, 1.165) is 17.7 Å². The number of amides is 2. The molecule has 0 atom stereocenters. The van der Waals surface area contributed by atoms with Gasteiger partial charge in [0.15, 0.2) is 6.61 Å². The maximum Gasteiger partial charge on any atom is 0.306 e. The summed E-state index contributed by atoms with van der Waals surface area (Å²) in [6, 6.07) is 8.92. The van der Waals surface area contributed by atoms with E-state index >= 15 is 0 Å². The van der Waals surface area contributed by atoms with Crippen LogP contribution >= 0.6 is 0 Å². The third-order valence-corrected chi connectivity index (χ3v) is 4.16. The number of nitrogens with zero attached hydrogens (tertiary/aromatic N) is 1. The molecular formula is C19H20N2O5. The Morgan fingerprint density at radius 2 is 2.12 bits per heavy atom. The molecule has 0 bridgehead atoms. The molecule has 0 aliphatic carbocycles. The third-order valence-electron chi connectivity index (χ3n) is 4.16. The van der Waals surface area contributed by atoms with Crippen LogP contribution in [0.3, 0.4) is 0 Å². The Kier molecular flexibility index (Phi) is 5.36. The number of fused-ring (bicyclic) bond motifs is 1. The van der Waals surface area contributed by atoms with Gasteiger partial charge in [0.1, 0.15) is 5.76 Å². The topological polar surface area (TPSA) is 88.9 Å². The van der Waals surface area contributed by atoms with Gasteiger partial charge >= 0.3 is 5.97 Å². The molecule has 2 aromatic rings. The van der Waals surface area contributed by atoms with Crippen molar-refractivity contribution in [1.29, 1.82) is 0 Å². The lowest BCUT2D eigenvalue weighted by atomic mass is 10.1. The highest BCUT2D eigenvalue weighted by Crippen LogP contribution is 2.30.